The number of nitrogen functional groups attached to an aromatic ring is 1. The second-order valence-corrected chi connectivity index (χ2v) is 17.5. The molecule has 0 spiro atoms. The molecule has 2 atom stereocenters. The number of piperidine rings is 1. The number of carbonyl (C=O) groups is 3. The lowest BCUT2D eigenvalue weighted by Gasteiger charge is -2.35. The molecule has 2 fully saturated rings. The van der Waals surface area contributed by atoms with Crippen molar-refractivity contribution in [2.24, 2.45) is 5.92 Å². The molecule has 304 valence electrons. The number of carbonyl (C=O) groups excluding carboxylic acids is 3. The van der Waals surface area contributed by atoms with Gasteiger partial charge in [0.2, 0.25) is 11.8 Å². The minimum Gasteiger partial charge on any atom is -0.399 e. The van der Waals surface area contributed by atoms with Gasteiger partial charge in [-0.15, -0.1) is 0 Å². The molecular weight excluding hydrogens is 724 g/mol. The van der Waals surface area contributed by atoms with Gasteiger partial charge in [0, 0.05) is 59.7 Å². The second kappa shape index (κ2) is 19.5. The highest BCUT2D eigenvalue weighted by Gasteiger charge is 2.30. The number of nitrogens with two attached hydrogens (primary N) is 1. The monoisotopic (exact) mass is 786 g/mol. The first-order valence-electron chi connectivity index (χ1n) is 20.3. The number of amides is 3. The Hall–Kier alpha value is -3.96. The Kier molecular flexibility index (Phi) is 15.0. The van der Waals surface area contributed by atoms with Crippen molar-refractivity contribution in [3.8, 4) is 11.1 Å². The number of hydrogen-bond donors (Lipinski definition) is 4. The molecule has 0 saturated carbocycles. The summed E-state index contributed by atoms with van der Waals surface area (Å²) < 4.78 is 6.19. The molecule has 11 heteroatoms. The zero-order valence-corrected chi connectivity index (χ0v) is 35.0. The Morgan fingerprint density at radius 2 is 1.61 bits per heavy atom. The number of aryl methyl sites for hydroxylation is 1. The van der Waals surface area contributed by atoms with Crippen LogP contribution in [-0.2, 0) is 20.7 Å². The van der Waals surface area contributed by atoms with E-state index in [1.165, 1.54) is 18.4 Å². The Bertz CT molecular complexity index is 1750. The zero-order chi connectivity index (χ0) is 40.5. The number of benzene rings is 3. The van der Waals surface area contributed by atoms with Crippen LogP contribution < -0.4 is 26.6 Å². The Morgan fingerprint density at radius 1 is 0.929 bits per heavy atom. The van der Waals surface area contributed by atoms with Gasteiger partial charge in [0.05, 0.1) is 12.1 Å². The molecule has 3 aliphatic heterocycles. The van der Waals surface area contributed by atoms with Crippen LogP contribution in [0.2, 0.25) is 5.02 Å². The molecule has 3 aromatic carbocycles. The number of nitrogens with one attached hydrogen (secondary N) is 3. The van der Waals surface area contributed by atoms with Crippen molar-refractivity contribution in [3.63, 3.8) is 0 Å². The van der Waals surface area contributed by atoms with Crippen molar-refractivity contribution in [2.45, 2.75) is 110 Å². The molecule has 56 heavy (non-hydrogen) atoms. The summed E-state index contributed by atoms with van der Waals surface area (Å²) in [5.74, 6) is 0.731. The summed E-state index contributed by atoms with van der Waals surface area (Å²) in [6.45, 7) is 16.1. The smallest absolute Gasteiger partial charge is 0.251 e. The van der Waals surface area contributed by atoms with Crippen molar-refractivity contribution in [3.05, 3.63) is 82.9 Å². The lowest BCUT2D eigenvalue weighted by Crippen LogP contribution is -2.48. The van der Waals surface area contributed by atoms with Gasteiger partial charge < -0.3 is 31.3 Å². The SMILES string of the molecule is CC(=O)N1c2ccc(-c3ccc(C(=O)NC(C)(C)CCOC(C)(C)CNC(=O)CN4CCC(C5CCCN5)CC4)cc3)cc2CC[C@@H]1C.Nc1ccc(Cl)cc1. The van der Waals surface area contributed by atoms with Crippen LogP contribution in [-0.4, -0.2) is 85.2 Å². The Balaban J connectivity index is 0.000000667. The van der Waals surface area contributed by atoms with E-state index in [0.29, 0.717) is 37.7 Å². The Morgan fingerprint density at radius 3 is 2.23 bits per heavy atom. The molecule has 0 aromatic heterocycles. The molecule has 1 unspecified atom stereocenters. The number of likely N-dealkylation sites (tertiary alicyclic amines) is 1. The van der Waals surface area contributed by atoms with E-state index in [1.54, 1.807) is 31.2 Å². The molecule has 6 rings (SSSR count). The lowest BCUT2D eigenvalue weighted by molar-refractivity contribution is -0.124. The first kappa shape index (κ1) is 43.2. The molecule has 0 aliphatic carbocycles. The van der Waals surface area contributed by atoms with E-state index in [-0.39, 0.29) is 23.8 Å². The van der Waals surface area contributed by atoms with Crippen LogP contribution in [0.3, 0.4) is 0 Å². The summed E-state index contributed by atoms with van der Waals surface area (Å²) >= 11 is 5.56. The molecule has 3 amide bonds. The standard InChI is InChI=1S/C39H57N5O4.C6H6ClN/c1-27-9-10-33-24-32(15-16-35(33)44(27)28(2)45)29-11-13-31(14-12-29)37(47)42-38(3,4)19-23-48-39(5,6)26-41-36(46)25-43-21-17-30(18-22-43)34-8-7-20-40-34;7-5-1-3-6(8)4-2-5/h11-16,24,27,30,34,40H,7-10,17-23,25-26H2,1-6H3,(H,41,46)(H,42,47);1-4H,8H2/t27-,34?;/m0./s1. The molecular formula is C45H63ClN6O4. The lowest BCUT2D eigenvalue weighted by atomic mass is 9.88. The summed E-state index contributed by atoms with van der Waals surface area (Å²) in [4.78, 5) is 42.3. The van der Waals surface area contributed by atoms with Crippen LogP contribution in [0, 0.1) is 5.92 Å². The summed E-state index contributed by atoms with van der Waals surface area (Å²) in [5, 5.41) is 10.6. The van der Waals surface area contributed by atoms with Gasteiger partial charge in [-0.05, 0) is 170 Å². The average molecular weight is 787 g/mol. The maximum atomic E-state index is 13.2. The van der Waals surface area contributed by atoms with E-state index in [4.69, 9.17) is 22.1 Å². The number of fused-ring (bicyclic) bond motifs is 1. The van der Waals surface area contributed by atoms with Gasteiger partial charge in [0.15, 0.2) is 0 Å². The van der Waals surface area contributed by atoms with Crippen LogP contribution in [0.4, 0.5) is 11.4 Å². The van der Waals surface area contributed by atoms with Crippen molar-refractivity contribution in [1.82, 2.24) is 20.9 Å². The molecule has 0 bridgehead atoms. The van der Waals surface area contributed by atoms with Crippen LogP contribution in [0.5, 0.6) is 0 Å². The quantitative estimate of drug-likeness (QED) is 0.143. The fourth-order valence-electron chi connectivity index (χ4n) is 7.96. The fourth-order valence-corrected chi connectivity index (χ4v) is 8.09. The third kappa shape index (κ3) is 12.5. The Labute approximate surface area is 339 Å². The predicted molar refractivity (Wildman–Crippen MR) is 228 cm³/mol. The number of hydrogen-bond acceptors (Lipinski definition) is 7. The number of nitrogens with zero attached hydrogens (tertiary/aromatic N) is 2. The normalized spacial score (nSPS) is 19.1. The number of halogens is 1. The molecule has 10 nitrogen and oxygen atoms in total. The minimum absolute atomic E-state index is 0.0450. The topological polar surface area (TPSA) is 129 Å². The van der Waals surface area contributed by atoms with E-state index < -0.39 is 11.1 Å². The highest BCUT2D eigenvalue weighted by Crippen LogP contribution is 2.34. The van der Waals surface area contributed by atoms with Crippen molar-refractivity contribution >= 4 is 40.7 Å². The van der Waals surface area contributed by atoms with Crippen LogP contribution in [0.25, 0.3) is 11.1 Å². The fraction of sp³-hybridized carbons (Fsp3) is 0.533. The number of ether oxygens (including phenoxy) is 1. The van der Waals surface area contributed by atoms with Gasteiger partial charge in [0.1, 0.15) is 0 Å². The van der Waals surface area contributed by atoms with Crippen LogP contribution >= 0.6 is 11.6 Å². The number of anilines is 2. The van der Waals surface area contributed by atoms with Gasteiger partial charge in [-0.1, -0.05) is 29.8 Å². The molecule has 5 N–H and O–H groups in total. The minimum atomic E-state index is -0.522. The first-order valence-corrected chi connectivity index (χ1v) is 20.7. The predicted octanol–water partition coefficient (Wildman–Crippen LogP) is 7.24. The molecule has 2 saturated heterocycles. The van der Waals surface area contributed by atoms with Crippen molar-refractivity contribution in [1.29, 1.82) is 0 Å². The summed E-state index contributed by atoms with van der Waals surface area (Å²) in [6, 6.07) is 21.9. The summed E-state index contributed by atoms with van der Waals surface area (Å²) in [7, 11) is 0. The van der Waals surface area contributed by atoms with Gasteiger partial charge in [-0.2, -0.15) is 0 Å². The average Bonchev–Trinajstić information content (AvgIpc) is 3.71. The molecule has 0 radical (unpaired) electrons. The molecule has 3 heterocycles. The maximum Gasteiger partial charge on any atom is 0.251 e. The largest absolute Gasteiger partial charge is 0.399 e. The third-order valence-corrected chi connectivity index (χ3v) is 11.6. The highest BCUT2D eigenvalue weighted by molar-refractivity contribution is 6.30. The van der Waals surface area contributed by atoms with Crippen LogP contribution in [0.1, 0.15) is 96.0 Å². The zero-order valence-electron chi connectivity index (χ0n) is 34.3. The van der Waals surface area contributed by atoms with E-state index in [9.17, 15) is 14.4 Å². The van der Waals surface area contributed by atoms with E-state index in [0.717, 1.165) is 78.8 Å². The van der Waals surface area contributed by atoms with Gasteiger partial charge in [0.25, 0.3) is 5.91 Å². The van der Waals surface area contributed by atoms with E-state index >= 15 is 0 Å². The highest BCUT2D eigenvalue weighted by atomic mass is 35.5. The first-order chi connectivity index (χ1) is 26.6. The second-order valence-electron chi connectivity index (χ2n) is 17.0. The van der Waals surface area contributed by atoms with E-state index in [2.05, 4.69) is 39.9 Å². The van der Waals surface area contributed by atoms with Gasteiger partial charge >= 0.3 is 0 Å². The van der Waals surface area contributed by atoms with Crippen molar-refractivity contribution < 1.29 is 19.1 Å². The maximum absolute atomic E-state index is 13.2. The molecule has 3 aromatic rings. The molecule has 3 aliphatic rings. The van der Waals surface area contributed by atoms with Crippen molar-refractivity contribution in [2.75, 3.05) is 50.0 Å². The van der Waals surface area contributed by atoms with Crippen LogP contribution in [0.15, 0.2) is 66.7 Å². The van der Waals surface area contributed by atoms with Gasteiger partial charge in [-0.3, -0.25) is 19.3 Å². The summed E-state index contributed by atoms with van der Waals surface area (Å²) in [5.41, 5.74) is 10.0. The van der Waals surface area contributed by atoms with Gasteiger partial charge in [-0.25, -0.2) is 0 Å². The van der Waals surface area contributed by atoms with E-state index in [1.807, 2.05) is 62.9 Å². The number of rotatable bonds is 12. The summed E-state index contributed by atoms with van der Waals surface area (Å²) in [6.07, 6.45) is 7.42. The third-order valence-electron chi connectivity index (χ3n) is 11.4.